The zero-order valence-electron chi connectivity index (χ0n) is 23.6. The third-order valence-electron chi connectivity index (χ3n) is 7.09. The largest absolute Gasteiger partial charge is 0.367 e. The van der Waals surface area contributed by atoms with E-state index in [4.69, 9.17) is 11.6 Å². The Kier molecular flexibility index (Phi) is 10.1. The minimum atomic E-state index is -0.909. The van der Waals surface area contributed by atoms with E-state index in [2.05, 4.69) is 51.7 Å². The van der Waals surface area contributed by atoms with E-state index >= 15 is 0 Å². The molecule has 9 heteroatoms. The molecule has 1 saturated heterocycles. The first-order chi connectivity index (χ1) is 19.7. The van der Waals surface area contributed by atoms with Crippen LogP contribution in [0.25, 0.3) is 6.08 Å². The molecule has 4 rings (SSSR count). The summed E-state index contributed by atoms with van der Waals surface area (Å²) in [5.74, 6) is -1.04. The second kappa shape index (κ2) is 13.9. The van der Waals surface area contributed by atoms with Crippen LogP contribution in [0.3, 0.4) is 0 Å². The number of carbonyl (C=O) groups is 3. The summed E-state index contributed by atoms with van der Waals surface area (Å²) in [6.45, 7) is 7.34. The predicted molar refractivity (Wildman–Crippen MR) is 163 cm³/mol. The predicted octanol–water partition coefficient (Wildman–Crippen LogP) is 4.03. The van der Waals surface area contributed by atoms with Crippen LogP contribution in [0.2, 0.25) is 5.02 Å². The van der Waals surface area contributed by atoms with Crippen molar-refractivity contribution in [2.45, 2.75) is 45.3 Å². The van der Waals surface area contributed by atoms with Gasteiger partial charge in [-0.25, -0.2) is 0 Å². The number of pyridine rings is 1. The zero-order valence-corrected chi connectivity index (χ0v) is 24.3. The summed E-state index contributed by atoms with van der Waals surface area (Å²) >= 11 is 5.93. The molecule has 0 saturated carbocycles. The van der Waals surface area contributed by atoms with E-state index in [0.29, 0.717) is 23.8 Å². The maximum atomic E-state index is 13.3. The minimum absolute atomic E-state index is 0.0357. The number of halogens is 1. The van der Waals surface area contributed by atoms with Gasteiger partial charge >= 0.3 is 0 Å². The second-order valence-corrected chi connectivity index (χ2v) is 10.9. The molecule has 0 radical (unpaired) electrons. The molecule has 1 fully saturated rings. The fourth-order valence-electron chi connectivity index (χ4n) is 5.06. The third-order valence-corrected chi connectivity index (χ3v) is 7.34. The van der Waals surface area contributed by atoms with Crippen LogP contribution < -0.4 is 15.5 Å². The molecule has 1 aromatic heterocycles. The lowest BCUT2D eigenvalue weighted by Crippen LogP contribution is -2.60. The topological polar surface area (TPSA) is 94.6 Å². The third kappa shape index (κ3) is 8.41. The summed E-state index contributed by atoms with van der Waals surface area (Å²) in [7, 11) is 0. The van der Waals surface area contributed by atoms with Gasteiger partial charge in [0.2, 0.25) is 17.7 Å². The second-order valence-electron chi connectivity index (χ2n) is 10.4. The molecule has 1 aliphatic heterocycles. The molecule has 0 spiro atoms. The molecule has 2 N–H and O–H groups in total. The minimum Gasteiger partial charge on any atom is -0.367 e. The molecule has 3 aromatic rings. The first-order valence-electron chi connectivity index (χ1n) is 13.7. The highest BCUT2D eigenvalue weighted by Crippen LogP contribution is 2.23. The Bertz CT molecular complexity index is 1350. The number of aromatic nitrogens is 1. The van der Waals surface area contributed by atoms with Gasteiger partial charge in [-0.1, -0.05) is 47.5 Å². The van der Waals surface area contributed by atoms with Gasteiger partial charge < -0.3 is 20.4 Å². The van der Waals surface area contributed by atoms with Gasteiger partial charge in [0.05, 0.1) is 6.54 Å². The van der Waals surface area contributed by atoms with Crippen LogP contribution in [0, 0.1) is 6.92 Å². The van der Waals surface area contributed by atoms with Gasteiger partial charge in [0.15, 0.2) is 0 Å². The molecular formula is C32H36ClN5O3. The molecule has 41 heavy (non-hydrogen) atoms. The van der Waals surface area contributed by atoms with Gasteiger partial charge in [-0.2, -0.15) is 0 Å². The molecule has 3 amide bonds. The van der Waals surface area contributed by atoms with Crippen molar-refractivity contribution in [1.29, 1.82) is 0 Å². The summed E-state index contributed by atoms with van der Waals surface area (Å²) in [5, 5.41) is 6.11. The highest BCUT2D eigenvalue weighted by molar-refractivity contribution is 6.30. The van der Waals surface area contributed by atoms with Crippen molar-refractivity contribution in [3.8, 4) is 0 Å². The number of anilines is 1. The van der Waals surface area contributed by atoms with Crippen LogP contribution in [0.15, 0.2) is 79.0 Å². The normalized spacial score (nSPS) is 17.8. The van der Waals surface area contributed by atoms with Crippen LogP contribution in [-0.4, -0.2) is 65.4 Å². The number of rotatable bonds is 9. The van der Waals surface area contributed by atoms with Gasteiger partial charge in [-0.05, 0) is 68.8 Å². The molecule has 1 aliphatic rings. The molecule has 0 bridgehead atoms. The smallest absolute Gasteiger partial charge is 0.244 e. The van der Waals surface area contributed by atoms with E-state index in [-0.39, 0.29) is 31.0 Å². The van der Waals surface area contributed by atoms with Crippen molar-refractivity contribution < 1.29 is 14.4 Å². The number of benzene rings is 2. The van der Waals surface area contributed by atoms with Crippen molar-refractivity contribution in [2.24, 2.45) is 0 Å². The average Bonchev–Trinajstić information content (AvgIpc) is 2.96. The number of hydrogen-bond acceptors (Lipinski definition) is 5. The Morgan fingerprint density at radius 3 is 2.32 bits per heavy atom. The van der Waals surface area contributed by atoms with Gasteiger partial charge in [-0.3, -0.25) is 19.4 Å². The molecule has 8 nitrogen and oxygen atoms in total. The summed E-state index contributed by atoms with van der Waals surface area (Å²) in [6, 6.07) is 19.8. The number of nitrogens with zero attached hydrogens (tertiary/aromatic N) is 3. The van der Waals surface area contributed by atoms with Crippen molar-refractivity contribution in [3.63, 3.8) is 0 Å². The average molecular weight is 574 g/mol. The van der Waals surface area contributed by atoms with E-state index in [1.165, 1.54) is 11.6 Å². The van der Waals surface area contributed by atoms with Crippen molar-refractivity contribution >= 4 is 41.1 Å². The number of aryl methyl sites for hydroxylation is 1. The fourth-order valence-corrected chi connectivity index (χ4v) is 5.19. The van der Waals surface area contributed by atoms with Gasteiger partial charge in [-0.15, -0.1) is 0 Å². The Morgan fingerprint density at radius 1 is 1.00 bits per heavy atom. The fraction of sp³-hybridized carbons (Fsp3) is 0.312. The molecule has 2 aromatic carbocycles. The van der Waals surface area contributed by atoms with E-state index in [1.807, 2.05) is 24.8 Å². The van der Waals surface area contributed by atoms with E-state index < -0.39 is 17.9 Å². The molecule has 3 atom stereocenters. The SMILES string of the molecule is Cc1ccc(N2CC(C)N(C(=O)CNC(=O)C(Cc3ccccn3)NC(=O)/C=C/c3ccc(Cl)cc3)C(C)C2)cc1. The molecule has 2 heterocycles. The summed E-state index contributed by atoms with van der Waals surface area (Å²) in [4.78, 5) is 47.6. The number of nitrogens with one attached hydrogen (secondary N) is 2. The number of piperazine rings is 1. The lowest BCUT2D eigenvalue weighted by atomic mass is 10.1. The number of carbonyl (C=O) groups excluding carboxylic acids is 3. The van der Waals surface area contributed by atoms with Crippen molar-refractivity contribution in [2.75, 3.05) is 24.5 Å². The van der Waals surface area contributed by atoms with Crippen LogP contribution >= 0.6 is 11.6 Å². The number of hydrogen-bond donors (Lipinski definition) is 2. The van der Waals surface area contributed by atoms with E-state index in [0.717, 1.165) is 11.3 Å². The molecule has 214 valence electrons. The van der Waals surface area contributed by atoms with Crippen molar-refractivity contribution in [3.05, 3.63) is 101 Å². The highest BCUT2D eigenvalue weighted by Gasteiger charge is 2.33. The molecule has 0 aliphatic carbocycles. The Morgan fingerprint density at radius 2 is 1.68 bits per heavy atom. The van der Waals surface area contributed by atoms with Gasteiger partial charge in [0.1, 0.15) is 6.04 Å². The standard InChI is InChI=1S/C32H36ClN5O3/c1-22-7-14-28(15-8-22)37-20-23(2)38(24(3)21-37)31(40)19-35-32(41)29(18-27-6-4-5-17-34-27)36-30(39)16-11-25-9-12-26(33)13-10-25/h4-17,23-24,29H,18-21H2,1-3H3,(H,35,41)(H,36,39)/b16-11+. The van der Waals surface area contributed by atoms with Crippen LogP contribution in [0.5, 0.6) is 0 Å². The van der Waals surface area contributed by atoms with Crippen LogP contribution in [-0.2, 0) is 20.8 Å². The van der Waals surface area contributed by atoms with Gasteiger partial charge in [0, 0.05) is 60.3 Å². The molecular weight excluding hydrogens is 538 g/mol. The summed E-state index contributed by atoms with van der Waals surface area (Å²) in [6.07, 6.45) is 4.83. The van der Waals surface area contributed by atoms with Crippen LogP contribution in [0.4, 0.5) is 5.69 Å². The maximum absolute atomic E-state index is 13.3. The highest BCUT2D eigenvalue weighted by atomic mass is 35.5. The first-order valence-corrected chi connectivity index (χ1v) is 14.1. The van der Waals surface area contributed by atoms with Crippen molar-refractivity contribution in [1.82, 2.24) is 20.5 Å². The Hall–Kier alpha value is -4.17. The van der Waals surface area contributed by atoms with E-state index in [1.54, 1.807) is 48.7 Å². The number of amides is 3. The lowest BCUT2D eigenvalue weighted by Gasteiger charge is -2.45. The quantitative estimate of drug-likeness (QED) is 0.377. The zero-order chi connectivity index (χ0) is 29.4. The lowest BCUT2D eigenvalue weighted by molar-refractivity contribution is -0.137. The summed E-state index contributed by atoms with van der Waals surface area (Å²) < 4.78 is 0. The Balaban J connectivity index is 1.37. The molecule has 3 unspecified atom stereocenters. The van der Waals surface area contributed by atoms with Crippen LogP contribution in [0.1, 0.15) is 30.7 Å². The van der Waals surface area contributed by atoms with Gasteiger partial charge in [0.25, 0.3) is 0 Å². The first kappa shape index (κ1) is 29.8. The maximum Gasteiger partial charge on any atom is 0.244 e. The Labute approximate surface area is 246 Å². The van der Waals surface area contributed by atoms with E-state index in [9.17, 15) is 14.4 Å². The summed E-state index contributed by atoms with van der Waals surface area (Å²) in [5.41, 5.74) is 3.78. The monoisotopic (exact) mass is 573 g/mol.